The third-order valence-corrected chi connectivity index (χ3v) is 4.91. The van der Waals surface area contributed by atoms with Gasteiger partial charge in [-0.3, -0.25) is 14.5 Å². The van der Waals surface area contributed by atoms with Crippen LogP contribution in [0, 0.1) is 0 Å². The maximum Gasteiger partial charge on any atom is 0.251 e. The predicted octanol–water partition coefficient (Wildman–Crippen LogP) is 1.28. The van der Waals surface area contributed by atoms with Gasteiger partial charge < -0.3 is 15.0 Å². The molecule has 0 aliphatic carbocycles. The lowest BCUT2D eigenvalue weighted by Crippen LogP contribution is -2.53. The van der Waals surface area contributed by atoms with Crippen LogP contribution < -0.4 is 5.32 Å². The van der Waals surface area contributed by atoms with Crippen LogP contribution in [-0.2, 0) is 20.9 Å². The van der Waals surface area contributed by atoms with Gasteiger partial charge in [0.2, 0.25) is 5.91 Å². The van der Waals surface area contributed by atoms with Crippen molar-refractivity contribution in [1.29, 1.82) is 0 Å². The molecule has 2 fully saturated rings. The standard InChI is InChI=1S/C18H24ClN3O3/c19-15-5-3-14(4-6-15)12-20-17(23)13-21-7-9-22(10-8-21)18(24)16-2-1-11-25-16/h3-6,16H,1-2,7-13H2,(H,20,23)/t16-/m1/s1. The second-order valence-electron chi connectivity index (χ2n) is 6.51. The zero-order valence-electron chi connectivity index (χ0n) is 14.2. The summed E-state index contributed by atoms with van der Waals surface area (Å²) in [6.07, 6.45) is 1.53. The fourth-order valence-corrected chi connectivity index (χ4v) is 3.29. The molecule has 0 bridgehead atoms. The van der Waals surface area contributed by atoms with Crippen LogP contribution in [-0.4, -0.2) is 67.0 Å². The molecule has 0 radical (unpaired) electrons. The number of carbonyl (C=O) groups is 2. The van der Waals surface area contributed by atoms with E-state index in [4.69, 9.17) is 16.3 Å². The third-order valence-electron chi connectivity index (χ3n) is 4.66. The summed E-state index contributed by atoms with van der Waals surface area (Å²) in [5.74, 6) is 0.0955. The lowest BCUT2D eigenvalue weighted by atomic mass is 10.2. The van der Waals surface area contributed by atoms with E-state index in [2.05, 4.69) is 10.2 Å². The van der Waals surface area contributed by atoms with Gasteiger partial charge in [0.05, 0.1) is 6.54 Å². The van der Waals surface area contributed by atoms with Gasteiger partial charge in [0.15, 0.2) is 0 Å². The van der Waals surface area contributed by atoms with E-state index in [9.17, 15) is 9.59 Å². The van der Waals surface area contributed by atoms with Crippen LogP contribution in [0.15, 0.2) is 24.3 Å². The van der Waals surface area contributed by atoms with E-state index in [-0.39, 0.29) is 17.9 Å². The quantitative estimate of drug-likeness (QED) is 0.853. The Labute approximate surface area is 153 Å². The molecule has 1 atom stereocenters. The van der Waals surface area contributed by atoms with Gasteiger partial charge in [-0.05, 0) is 30.5 Å². The highest BCUT2D eigenvalue weighted by Gasteiger charge is 2.30. The first kappa shape index (κ1) is 18.2. The van der Waals surface area contributed by atoms with Gasteiger partial charge in [0.25, 0.3) is 5.91 Å². The van der Waals surface area contributed by atoms with Gasteiger partial charge >= 0.3 is 0 Å². The van der Waals surface area contributed by atoms with Gasteiger partial charge in [-0.2, -0.15) is 0 Å². The van der Waals surface area contributed by atoms with E-state index in [1.165, 1.54) is 0 Å². The predicted molar refractivity (Wildman–Crippen MR) is 95.3 cm³/mol. The highest BCUT2D eigenvalue weighted by Crippen LogP contribution is 2.16. The Bertz CT molecular complexity index is 594. The van der Waals surface area contributed by atoms with Gasteiger partial charge in [-0.15, -0.1) is 0 Å². The van der Waals surface area contributed by atoms with Crippen LogP contribution in [0.5, 0.6) is 0 Å². The molecule has 136 valence electrons. The molecule has 0 unspecified atom stereocenters. The summed E-state index contributed by atoms with van der Waals surface area (Å²) in [4.78, 5) is 28.3. The molecule has 2 aliphatic heterocycles. The van der Waals surface area contributed by atoms with Crippen LogP contribution >= 0.6 is 11.6 Å². The molecule has 6 nitrogen and oxygen atoms in total. The Morgan fingerprint density at radius 2 is 1.88 bits per heavy atom. The SMILES string of the molecule is O=C(CN1CCN(C(=O)[C@H]2CCCO2)CC1)NCc1ccc(Cl)cc1. The summed E-state index contributed by atoms with van der Waals surface area (Å²) in [5, 5.41) is 3.61. The minimum Gasteiger partial charge on any atom is -0.368 e. The molecule has 2 amide bonds. The zero-order chi connectivity index (χ0) is 17.6. The van der Waals surface area contributed by atoms with Crippen molar-refractivity contribution in [2.75, 3.05) is 39.3 Å². The Morgan fingerprint density at radius 1 is 1.16 bits per heavy atom. The van der Waals surface area contributed by atoms with Crippen LogP contribution in [0.25, 0.3) is 0 Å². The largest absolute Gasteiger partial charge is 0.368 e. The Hall–Kier alpha value is -1.63. The van der Waals surface area contributed by atoms with Crippen LogP contribution in [0.1, 0.15) is 18.4 Å². The van der Waals surface area contributed by atoms with Crippen LogP contribution in [0.3, 0.4) is 0 Å². The molecule has 25 heavy (non-hydrogen) atoms. The van der Waals surface area contributed by atoms with Gasteiger partial charge in [-0.25, -0.2) is 0 Å². The lowest BCUT2D eigenvalue weighted by molar-refractivity contribution is -0.142. The molecular weight excluding hydrogens is 342 g/mol. The molecule has 2 heterocycles. The number of carbonyl (C=O) groups excluding carboxylic acids is 2. The summed E-state index contributed by atoms with van der Waals surface area (Å²) in [6.45, 7) is 4.28. The first-order valence-corrected chi connectivity index (χ1v) is 9.13. The Kier molecular flexibility index (Phi) is 6.29. The minimum atomic E-state index is -0.255. The van der Waals surface area contributed by atoms with Crippen molar-refractivity contribution < 1.29 is 14.3 Å². The van der Waals surface area contributed by atoms with Crippen molar-refractivity contribution in [1.82, 2.24) is 15.1 Å². The highest BCUT2D eigenvalue weighted by molar-refractivity contribution is 6.30. The summed E-state index contributed by atoms with van der Waals surface area (Å²) in [7, 11) is 0. The fraction of sp³-hybridized carbons (Fsp3) is 0.556. The monoisotopic (exact) mass is 365 g/mol. The number of nitrogens with one attached hydrogen (secondary N) is 1. The van der Waals surface area contributed by atoms with Gasteiger partial charge in [0.1, 0.15) is 6.10 Å². The normalized spacial score (nSPS) is 21.3. The lowest BCUT2D eigenvalue weighted by Gasteiger charge is -2.35. The average Bonchev–Trinajstić information content (AvgIpc) is 3.16. The minimum absolute atomic E-state index is 0.00569. The van der Waals surface area contributed by atoms with Gasteiger partial charge in [-0.1, -0.05) is 23.7 Å². The zero-order valence-corrected chi connectivity index (χ0v) is 15.0. The van der Waals surface area contributed by atoms with E-state index in [1.54, 1.807) is 0 Å². The topological polar surface area (TPSA) is 61.9 Å². The van der Waals surface area contributed by atoms with Crippen molar-refractivity contribution in [3.05, 3.63) is 34.9 Å². The van der Waals surface area contributed by atoms with Crippen molar-refractivity contribution in [3.63, 3.8) is 0 Å². The van der Waals surface area contributed by atoms with Gasteiger partial charge in [0, 0.05) is 44.4 Å². The molecule has 2 aliphatic rings. The number of hydrogen-bond acceptors (Lipinski definition) is 4. The number of ether oxygens (including phenoxy) is 1. The Balaban J connectivity index is 1.37. The smallest absolute Gasteiger partial charge is 0.251 e. The number of amides is 2. The first-order chi connectivity index (χ1) is 12.1. The highest BCUT2D eigenvalue weighted by atomic mass is 35.5. The molecule has 0 aromatic heterocycles. The molecule has 0 saturated carbocycles. The molecule has 1 aromatic carbocycles. The molecule has 7 heteroatoms. The number of rotatable bonds is 5. The van der Waals surface area contributed by atoms with E-state index < -0.39 is 0 Å². The molecular formula is C18H24ClN3O3. The summed E-state index contributed by atoms with van der Waals surface area (Å²) in [6, 6.07) is 7.43. The molecule has 1 aromatic rings. The van der Waals surface area contributed by atoms with Crippen molar-refractivity contribution >= 4 is 23.4 Å². The molecule has 1 N–H and O–H groups in total. The number of halogens is 1. The van der Waals surface area contributed by atoms with Crippen molar-refractivity contribution in [2.45, 2.75) is 25.5 Å². The van der Waals surface area contributed by atoms with Crippen molar-refractivity contribution in [3.8, 4) is 0 Å². The van der Waals surface area contributed by atoms with Crippen LogP contribution in [0.2, 0.25) is 5.02 Å². The van der Waals surface area contributed by atoms with Crippen molar-refractivity contribution in [2.24, 2.45) is 0 Å². The summed E-state index contributed by atoms with van der Waals surface area (Å²) >= 11 is 5.85. The third kappa shape index (κ3) is 5.17. The maximum atomic E-state index is 12.3. The number of nitrogens with zero attached hydrogens (tertiary/aromatic N) is 2. The summed E-state index contributed by atoms with van der Waals surface area (Å²) in [5.41, 5.74) is 1.02. The second kappa shape index (κ2) is 8.65. The van der Waals surface area contributed by atoms with Crippen LogP contribution in [0.4, 0.5) is 0 Å². The summed E-state index contributed by atoms with van der Waals surface area (Å²) < 4.78 is 5.46. The Morgan fingerprint density at radius 3 is 2.52 bits per heavy atom. The number of hydrogen-bond donors (Lipinski definition) is 1. The van der Waals surface area contributed by atoms with E-state index >= 15 is 0 Å². The average molecular weight is 366 g/mol. The number of piperazine rings is 1. The maximum absolute atomic E-state index is 12.3. The molecule has 2 saturated heterocycles. The van der Waals surface area contributed by atoms with E-state index in [1.807, 2.05) is 29.2 Å². The van der Waals surface area contributed by atoms with E-state index in [0.717, 1.165) is 18.4 Å². The molecule has 3 rings (SSSR count). The second-order valence-corrected chi connectivity index (χ2v) is 6.94. The number of benzene rings is 1. The first-order valence-electron chi connectivity index (χ1n) is 8.76. The molecule has 0 spiro atoms. The fourth-order valence-electron chi connectivity index (χ4n) is 3.16. The van der Waals surface area contributed by atoms with E-state index in [0.29, 0.717) is 50.9 Å².